The van der Waals surface area contributed by atoms with Gasteiger partial charge in [-0.15, -0.1) is 0 Å². The van der Waals surface area contributed by atoms with E-state index in [1.54, 1.807) is 0 Å². The Morgan fingerprint density at radius 1 is 1.41 bits per heavy atom. The molecule has 0 spiro atoms. The largest absolute Gasteiger partial charge is 0.445 e. The van der Waals surface area contributed by atoms with Gasteiger partial charge >= 0.3 is 6.09 Å². The van der Waals surface area contributed by atoms with Crippen LogP contribution in [0.4, 0.5) is 9.18 Å². The first-order valence-electron chi connectivity index (χ1n) is 5.57. The molecular formula is C12H15FN2O2. The summed E-state index contributed by atoms with van der Waals surface area (Å²) in [7, 11) is 0. The Hall–Kier alpha value is -1.62. The molecule has 1 aliphatic heterocycles. The zero-order valence-corrected chi connectivity index (χ0v) is 9.36. The molecule has 5 heteroatoms. The molecule has 2 rings (SSSR count). The van der Waals surface area contributed by atoms with Crippen molar-refractivity contribution < 1.29 is 13.9 Å². The maximum atomic E-state index is 13.2. The van der Waals surface area contributed by atoms with Gasteiger partial charge < -0.3 is 15.4 Å². The summed E-state index contributed by atoms with van der Waals surface area (Å²) in [6, 6.07) is 8.87. The van der Waals surface area contributed by atoms with E-state index in [2.05, 4.69) is 10.6 Å². The van der Waals surface area contributed by atoms with Crippen LogP contribution in [0.5, 0.6) is 0 Å². The molecular weight excluding hydrogens is 223 g/mol. The van der Waals surface area contributed by atoms with Crippen molar-refractivity contribution in [3.05, 3.63) is 35.9 Å². The topological polar surface area (TPSA) is 50.4 Å². The van der Waals surface area contributed by atoms with Crippen LogP contribution in [0.25, 0.3) is 0 Å². The Labute approximate surface area is 99.2 Å². The molecule has 1 saturated heterocycles. The number of ether oxygens (including phenoxy) is 1. The Bertz CT molecular complexity index is 372. The number of amides is 1. The first-order chi connectivity index (χ1) is 8.25. The number of carbonyl (C=O) groups is 1. The van der Waals surface area contributed by atoms with Crippen LogP contribution in [0.1, 0.15) is 5.56 Å². The zero-order chi connectivity index (χ0) is 12.1. The number of hydrogen-bond donors (Lipinski definition) is 2. The quantitative estimate of drug-likeness (QED) is 0.832. The third kappa shape index (κ3) is 3.42. The van der Waals surface area contributed by atoms with Crippen molar-refractivity contribution in [2.45, 2.75) is 18.8 Å². The van der Waals surface area contributed by atoms with E-state index >= 15 is 0 Å². The first kappa shape index (κ1) is 11.9. The highest BCUT2D eigenvalue weighted by Crippen LogP contribution is 2.05. The molecule has 0 aromatic heterocycles. The van der Waals surface area contributed by atoms with Crippen molar-refractivity contribution >= 4 is 6.09 Å². The maximum absolute atomic E-state index is 13.2. The van der Waals surface area contributed by atoms with Gasteiger partial charge in [0.2, 0.25) is 0 Å². The fourth-order valence-corrected chi connectivity index (χ4v) is 1.70. The Balaban J connectivity index is 1.74. The molecule has 0 unspecified atom stereocenters. The summed E-state index contributed by atoms with van der Waals surface area (Å²) in [5, 5.41) is 5.36. The smallest absolute Gasteiger partial charge is 0.407 e. The number of rotatable bonds is 3. The van der Waals surface area contributed by atoms with Crippen LogP contribution in [0.15, 0.2) is 30.3 Å². The molecule has 0 saturated carbocycles. The minimum atomic E-state index is -1.04. The molecule has 0 aliphatic carbocycles. The van der Waals surface area contributed by atoms with Gasteiger partial charge in [-0.1, -0.05) is 30.3 Å². The molecule has 1 heterocycles. The van der Waals surface area contributed by atoms with Crippen LogP contribution in [0.2, 0.25) is 0 Å². The van der Waals surface area contributed by atoms with E-state index in [0.29, 0.717) is 6.54 Å². The number of nitrogens with one attached hydrogen (secondary N) is 2. The van der Waals surface area contributed by atoms with Gasteiger partial charge in [-0.2, -0.15) is 0 Å². The molecule has 0 bridgehead atoms. The highest BCUT2D eigenvalue weighted by molar-refractivity contribution is 5.67. The average molecular weight is 238 g/mol. The van der Waals surface area contributed by atoms with Crippen LogP contribution in [0.3, 0.4) is 0 Å². The van der Waals surface area contributed by atoms with Crippen LogP contribution in [-0.4, -0.2) is 31.4 Å². The number of benzene rings is 1. The molecule has 2 atom stereocenters. The fraction of sp³-hybridized carbons (Fsp3) is 0.417. The van der Waals surface area contributed by atoms with Crippen molar-refractivity contribution in [2.75, 3.05) is 13.1 Å². The minimum Gasteiger partial charge on any atom is -0.445 e. The van der Waals surface area contributed by atoms with Crippen molar-refractivity contribution in [3.8, 4) is 0 Å². The average Bonchev–Trinajstić information content (AvgIpc) is 2.74. The van der Waals surface area contributed by atoms with Gasteiger partial charge in [-0.25, -0.2) is 9.18 Å². The Morgan fingerprint density at radius 2 is 2.18 bits per heavy atom. The van der Waals surface area contributed by atoms with Crippen molar-refractivity contribution in [1.29, 1.82) is 0 Å². The highest BCUT2D eigenvalue weighted by Gasteiger charge is 2.28. The predicted octanol–water partition coefficient (Wildman–Crippen LogP) is 1.22. The van der Waals surface area contributed by atoms with Crippen LogP contribution in [0, 0.1) is 0 Å². The molecule has 17 heavy (non-hydrogen) atoms. The first-order valence-corrected chi connectivity index (χ1v) is 5.57. The summed E-state index contributed by atoms with van der Waals surface area (Å²) in [5.74, 6) is 0. The summed E-state index contributed by atoms with van der Waals surface area (Å²) < 4.78 is 18.2. The molecule has 1 aliphatic rings. The van der Waals surface area contributed by atoms with Gasteiger partial charge in [0.05, 0.1) is 6.04 Å². The summed E-state index contributed by atoms with van der Waals surface area (Å²) in [6.07, 6.45) is -1.62. The number of halogens is 1. The molecule has 92 valence electrons. The van der Waals surface area contributed by atoms with Crippen LogP contribution < -0.4 is 10.6 Å². The molecule has 1 aromatic rings. The molecule has 0 radical (unpaired) electrons. The third-order valence-electron chi connectivity index (χ3n) is 2.66. The summed E-state index contributed by atoms with van der Waals surface area (Å²) >= 11 is 0. The third-order valence-corrected chi connectivity index (χ3v) is 2.66. The lowest BCUT2D eigenvalue weighted by Gasteiger charge is -2.13. The number of alkyl halides is 1. The molecule has 1 aromatic carbocycles. The standard InChI is InChI=1S/C12H15FN2O2/c13-10-6-14-7-11(10)15-12(16)17-8-9-4-2-1-3-5-9/h1-5,10-11,14H,6-8H2,(H,15,16)/t10-,11-/m1/s1. The van der Waals surface area contributed by atoms with Gasteiger partial charge in [0, 0.05) is 13.1 Å². The van der Waals surface area contributed by atoms with Gasteiger partial charge in [-0.05, 0) is 5.56 Å². The predicted molar refractivity (Wildman–Crippen MR) is 61.3 cm³/mol. The SMILES string of the molecule is O=C(N[C@@H]1CNC[C@H]1F)OCc1ccccc1. The number of hydrogen-bond acceptors (Lipinski definition) is 3. The van der Waals surface area contributed by atoms with Gasteiger partial charge in [0.1, 0.15) is 12.8 Å². The monoisotopic (exact) mass is 238 g/mol. The number of carbonyl (C=O) groups excluding carboxylic acids is 1. The summed E-state index contributed by atoms with van der Waals surface area (Å²) in [5.41, 5.74) is 0.906. The fourth-order valence-electron chi connectivity index (χ4n) is 1.70. The summed E-state index contributed by atoms with van der Waals surface area (Å²) in [4.78, 5) is 11.4. The second-order valence-electron chi connectivity index (χ2n) is 3.99. The number of alkyl carbamates (subject to hydrolysis) is 1. The van der Waals surface area contributed by atoms with E-state index in [1.165, 1.54) is 0 Å². The lowest BCUT2D eigenvalue weighted by Crippen LogP contribution is -2.41. The van der Waals surface area contributed by atoms with Gasteiger partial charge in [-0.3, -0.25) is 0 Å². The van der Waals surface area contributed by atoms with E-state index in [-0.39, 0.29) is 13.2 Å². The Morgan fingerprint density at radius 3 is 2.82 bits per heavy atom. The second-order valence-corrected chi connectivity index (χ2v) is 3.99. The molecule has 1 amide bonds. The van der Waals surface area contributed by atoms with E-state index < -0.39 is 18.3 Å². The van der Waals surface area contributed by atoms with Gasteiger partial charge in [0.15, 0.2) is 0 Å². The molecule has 1 fully saturated rings. The molecule has 4 nitrogen and oxygen atoms in total. The van der Waals surface area contributed by atoms with Gasteiger partial charge in [0.25, 0.3) is 0 Å². The summed E-state index contributed by atoms with van der Waals surface area (Å²) in [6.45, 7) is 0.926. The van der Waals surface area contributed by atoms with E-state index in [0.717, 1.165) is 5.56 Å². The minimum absolute atomic E-state index is 0.198. The maximum Gasteiger partial charge on any atom is 0.407 e. The second kappa shape index (κ2) is 5.63. The van der Waals surface area contributed by atoms with Crippen LogP contribution in [-0.2, 0) is 11.3 Å². The van der Waals surface area contributed by atoms with Crippen molar-refractivity contribution in [2.24, 2.45) is 0 Å². The van der Waals surface area contributed by atoms with Crippen LogP contribution >= 0.6 is 0 Å². The van der Waals surface area contributed by atoms with Crippen molar-refractivity contribution in [1.82, 2.24) is 10.6 Å². The zero-order valence-electron chi connectivity index (χ0n) is 9.36. The van der Waals surface area contributed by atoms with E-state index in [4.69, 9.17) is 4.74 Å². The normalized spacial score (nSPS) is 23.4. The van der Waals surface area contributed by atoms with E-state index in [9.17, 15) is 9.18 Å². The highest BCUT2D eigenvalue weighted by atomic mass is 19.1. The van der Waals surface area contributed by atoms with E-state index in [1.807, 2.05) is 30.3 Å². The lowest BCUT2D eigenvalue weighted by atomic mass is 10.2. The Kier molecular flexibility index (Phi) is 3.93. The van der Waals surface area contributed by atoms with Crippen molar-refractivity contribution in [3.63, 3.8) is 0 Å². The lowest BCUT2D eigenvalue weighted by molar-refractivity contribution is 0.132. The molecule has 2 N–H and O–H groups in total.